The number of hydrogen-bond donors (Lipinski definition) is 1. The van der Waals surface area contributed by atoms with Crippen LogP contribution in [0.3, 0.4) is 0 Å². The Morgan fingerprint density at radius 3 is 2.83 bits per heavy atom. The first-order valence-corrected chi connectivity index (χ1v) is 10.0. The number of fused-ring (bicyclic) bond motifs is 2. The van der Waals surface area contributed by atoms with Gasteiger partial charge in [-0.1, -0.05) is 11.6 Å². The first-order valence-electron chi connectivity index (χ1n) is 10.0. The largest absolute Gasteiger partial charge is 0.492 e. The topological polar surface area (TPSA) is 60.0 Å². The summed E-state index contributed by atoms with van der Waals surface area (Å²) in [4.78, 5) is 15.0. The number of ether oxygens (including phenoxy) is 3. The average Bonchev–Trinajstić information content (AvgIpc) is 3.28. The lowest BCUT2D eigenvalue weighted by molar-refractivity contribution is -0.110. The number of aryl methyl sites for hydroxylation is 1. The predicted octanol–water partition coefficient (Wildman–Crippen LogP) is 3.06. The van der Waals surface area contributed by atoms with Crippen LogP contribution in [-0.4, -0.2) is 50.3 Å². The zero-order valence-corrected chi connectivity index (χ0v) is 16.5. The average molecular weight is 392 g/mol. The molecule has 0 spiro atoms. The fourth-order valence-corrected chi connectivity index (χ4v) is 4.06. The summed E-state index contributed by atoms with van der Waals surface area (Å²) in [6, 6.07) is 11.9. The van der Waals surface area contributed by atoms with E-state index < -0.39 is 0 Å². The van der Waals surface area contributed by atoms with Crippen molar-refractivity contribution in [1.29, 1.82) is 0 Å². The number of rotatable bonds is 4. The van der Waals surface area contributed by atoms with Crippen LogP contribution in [0.5, 0.6) is 5.75 Å². The molecule has 0 aromatic heterocycles. The number of amides is 1. The Kier molecular flexibility index (Phi) is 4.73. The van der Waals surface area contributed by atoms with Crippen LogP contribution in [-0.2, 0) is 20.9 Å². The van der Waals surface area contributed by atoms with Crippen LogP contribution in [0, 0.1) is 6.92 Å². The predicted molar refractivity (Wildman–Crippen MR) is 111 cm³/mol. The summed E-state index contributed by atoms with van der Waals surface area (Å²) < 4.78 is 17.3. The number of benzene rings is 2. The summed E-state index contributed by atoms with van der Waals surface area (Å²) in [5.41, 5.74) is 5.48. The van der Waals surface area contributed by atoms with Crippen molar-refractivity contribution in [2.24, 2.45) is 0 Å². The van der Waals surface area contributed by atoms with E-state index in [4.69, 9.17) is 14.2 Å². The van der Waals surface area contributed by atoms with Gasteiger partial charge >= 0.3 is 0 Å². The van der Waals surface area contributed by atoms with Crippen molar-refractivity contribution in [2.45, 2.75) is 13.5 Å². The molecule has 0 bridgehead atoms. The minimum absolute atomic E-state index is 0.112. The van der Waals surface area contributed by atoms with Crippen molar-refractivity contribution in [1.82, 2.24) is 4.90 Å². The Bertz CT molecular complexity index is 992. The van der Waals surface area contributed by atoms with Gasteiger partial charge in [0.15, 0.2) is 0 Å². The smallest absolute Gasteiger partial charge is 0.260 e. The van der Waals surface area contributed by atoms with Gasteiger partial charge < -0.3 is 19.5 Å². The molecule has 3 heterocycles. The van der Waals surface area contributed by atoms with Crippen molar-refractivity contribution < 1.29 is 19.0 Å². The van der Waals surface area contributed by atoms with Gasteiger partial charge in [0.05, 0.1) is 18.8 Å². The van der Waals surface area contributed by atoms with Crippen LogP contribution in [0.2, 0.25) is 0 Å². The summed E-state index contributed by atoms with van der Waals surface area (Å²) in [6.07, 6.45) is 0. The van der Waals surface area contributed by atoms with Crippen LogP contribution in [0.4, 0.5) is 5.69 Å². The Morgan fingerprint density at radius 2 is 1.97 bits per heavy atom. The van der Waals surface area contributed by atoms with Crippen molar-refractivity contribution in [3.63, 3.8) is 0 Å². The lowest BCUT2D eigenvalue weighted by atomic mass is 9.99. The van der Waals surface area contributed by atoms with Crippen LogP contribution in [0.1, 0.15) is 22.3 Å². The highest BCUT2D eigenvalue weighted by Crippen LogP contribution is 2.42. The minimum atomic E-state index is -0.112. The molecule has 5 rings (SSSR count). The van der Waals surface area contributed by atoms with Crippen molar-refractivity contribution in [3.05, 3.63) is 58.7 Å². The standard InChI is InChI=1S/C23H24N2O4/c1-15-2-5-20-19(12-15)21(23(26)24-20)22-18-4-3-17(13-16(18)14-29-22)28-11-8-25-6-9-27-10-7-25/h2-5,12-13H,6-11,14H2,1H3,(H,24,26)/b22-21+. The maximum absolute atomic E-state index is 12.6. The van der Waals surface area contributed by atoms with E-state index >= 15 is 0 Å². The van der Waals surface area contributed by atoms with E-state index in [2.05, 4.69) is 10.2 Å². The zero-order valence-electron chi connectivity index (χ0n) is 16.5. The van der Waals surface area contributed by atoms with E-state index in [-0.39, 0.29) is 5.91 Å². The number of nitrogens with zero attached hydrogens (tertiary/aromatic N) is 1. The third-order valence-corrected chi connectivity index (χ3v) is 5.62. The van der Waals surface area contributed by atoms with E-state index in [0.29, 0.717) is 24.5 Å². The normalized spacial score (nSPS) is 20.8. The summed E-state index contributed by atoms with van der Waals surface area (Å²) in [5.74, 6) is 1.37. The van der Waals surface area contributed by atoms with Gasteiger partial charge in [-0.2, -0.15) is 0 Å². The molecule has 1 amide bonds. The van der Waals surface area contributed by atoms with Crippen molar-refractivity contribution in [3.8, 4) is 5.75 Å². The second-order valence-electron chi connectivity index (χ2n) is 7.62. The molecule has 0 atom stereocenters. The molecule has 3 aliphatic rings. The maximum Gasteiger partial charge on any atom is 0.260 e. The molecule has 2 aromatic carbocycles. The van der Waals surface area contributed by atoms with Gasteiger partial charge in [0, 0.05) is 42.0 Å². The van der Waals surface area contributed by atoms with Crippen LogP contribution >= 0.6 is 0 Å². The number of morpholine rings is 1. The van der Waals surface area contributed by atoms with Gasteiger partial charge in [-0.15, -0.1) is 0 Å². The van der Waals surface area contributed by atoms with Gasteiger partial charge in [-0.05, 0) is 37.3 Å². The number of carbonyl (C=O) groups is 1. The lowest BCUT2D eigenvalue weighted by Gasteiger charge is -2.26. The van der Waals surface area contributed by atoms with Crippen LogP contribution in [0.15, 0.2) is 36.4 Å². The van der Waals surface area contributed by atoms with Crippen LogP contribution < -0.4 is 10.1 Å². The zero-order chi connectivity index (χ0) is 19.8. The SMILES string of the molecule is Cc1ccc2c(c1)/C(=C1\OCc3cc(OCCN4CCOCC4)ccc31)C(=O)N2. The maximum atomic E-state index is 12.6. The molecular formula is C23H24N2O4. The van der Waals surface area contributed by atoms with E-state index in [1.807, 2.05) is 43.3 Å². The molecule has 1 N–H and O–H groups in total. The summed E-state index contributed by atoms with van der Waals surface area (Å²) in [7, 11) is 0. The summed E-state index contributed by atoms with van der Waals surface area (Å²) in [5, 5.41) is 2.94. The van der Waals surface area contributed by atoms with Gasteiger partial charge in [0.1, 0.15) is 24.7 Å². The molecule has 6 nitrogen and oxygen atoms in total. The molecule has 3 aliphatic heterocycles. The second-order valence-corrected chi connectivity index (χ2v) is 7.62. The Balaban J connectivity index is 1.35. The van der Waals surface area contributed by atoms with Gasteiger partial charge in [0.25, 0.3) is 5.91 Å². The molecule has 0 unspecified atom stereocenters. The lowest BCUT2D eigenvalue weighted by Crippen LogP contribution is -2.38. The second kappa shape index (κ2) is 7.54. The number of hydrogen-bond acceptors (Lipinski definition) is 5. The van der Waals surface area contributed by atoms with E-state index in [0.717, 1.165) is 66.5 Å². The molecule has 0 aliphatic carbocycles. The van der Waals surface area contributed by atoms with Crippen LogP contribution in [0.25, 0.3) is 11.3 Å². The third-order valence-electron chi connectivity index (χ3n) is 5.62. The highest BCUT2D eigenvalue weighted by atomic mass is 16.5. The third kappa shape index (κ3) is 3.50. The molecule has 1 fully saturated rings. The molecular weight excluding hydrogens is 368 g/mol. The molecule has 0 radical (unpaired) electrons. The first-order chi connectivity index (χ1) is 14.2. The molecule has 1 saturated heterocycles. The molecule has 6 heteroatoms. The first kappa shape index (κ1) is 18.2. The van der Waals surface area contributed by atoms with E-state index in [1.165, 1.54) is 0 Å². The minimum Gasteiger partial charge on any atom is -0.492 e. The van der Waals surface area contributed by atoms with Gasteiger partial charge in [0.2, 0.25) is 0 Å². The highest BCUT2D eigenvalue weighted by Gasteiger charge is 2.32. The van der Waals surface area contributed by atoms with E-state index in [9.17, 15) is 4.79 Å². The monoisotopic (exact) mass is 392 g/mol. The quantitative estimate of drug-likeness (QED) is 0.811. The van der Waals surface area contributed by atoms with Gasteiger partial charge in [-0.3, -0.25) is 9.69 Å². The fourth-order valence-electron chi connectivity index (χ4n) is 4.06. The molecule has 2 aromatic rings. The van der Waals surface area contributed by atoms with Crippen molar-refractivity contribution in [2.75, 3.05) is 44.8 Å². The van der Waals surface area contributed by atoms with E-state index in [1.54, 1.807) is 0 Å². The molecule has 150 valence electrons. The van der Waals surface area contributed by atoms with Gasteiger partial charge in [-0.25, -0.2) is 0 Å². The Labute approximate surface area is 170 Å². The number of carbonyl (C=O) groups excluding carboxylic acids is 1. The number of nitrogens with one attached hydrogen (secondary N) is 1. The van der Waals surface area contributed by atoms with Crippen molar-refractivity contribution >= 4 is 22.9 Å². The molecule has 29 heavy (non-hydrogen) atoms. The fraction of sp³-hybridized carbons (Fsp3) is 0.348. The summed E-state index contributed by atoms with van der Waals surface area (Å²) in [6.45, 7) is 7.51. The Hall–Kier alpha value is -2.83. The number of anilines is 1. The molecule has 0 saturated carbocycles. The Morgan fingerprint density at radius 1 is 1.10 bits per heavy atom. The summed E-state index contributed by atoms with van der Waals surface area (Å²) >= 11 is 0. The highest BCUT2D eigenvalue weighted by molar-refractivity contribution is 6.36.